The molecule has 0 radical (unpaired) electrons. The molecule has 0 aromatic heterocycles. The van der Waals surface area contributed by atoms with Crippen LogP contribution in [0.2, 0.25) is 0 Å². The molecule has 1 amide bonds. The van der Waals surface area contributed by atoms with Crippen LogP contribution < -0.4 is 5.32 Å². The number of carbonyl (C=O) groups excluding carboxylic acids is 1. The molecule has 0 aliphatic carbocycles. The molecule has 0 aliphatic rings. The number of rotatable bonds is 9. The zero-order valence-electron chi connectivity index (χ0n) is 11.5. The predicted molar refractivity (Wildman–Crippen MR) is 72.6 cm³/mol. The number of carbonyl (C=O) groups is 1. The molecule has 0 unspecified atom stereocenters. The monoisotopic (exact) mass is 296 g/mol. The van der Waals surface area contributed by atoms with E-state index in [9.17, 15) is 13.2 Å². The fraction of sp³-hybridized carbons (Fsp3) is 0.727. The third-order valence-electron chi connectivity index (χ3n) is 2.62. The first-order valence-corrected chi connectivity index (χ1v) is 7.45. The zero-order chi connectivity index (χ0) is 14.2. The minimum Gasteiger partial charge on any atom is -0.870 e. The van der Waals surface area contributed by atoms with Gasteiger partial charge in [-0.1, -0.05) is 6.58 Å². The van der Waals surface area contributed by atoms with Gasteiger partial charge >= 0.3 is 0 Å². The van der Waals surface area contributed by atoms with Crippen LogP contribution in [0.15, 0.2) is 12.7 Å². The number of unbranched alkanes of at least 4 members (excludes halogenated alkanes) is 1. The van der Waals surface area contributed by atoms with E-state index >= 15 is 0 Å². The van der Waals surface area contributed by atoms with Crippen LogP contribution in [0.5, 0.6) is 0 Å². The Kier molecular flexibility index (Phi) is 9.67. The lowest BCUT2D eigenvalue weighted by molar-refractivity contribution is -0.889. The van der Waals surface area contributed by atoms with E-state index in [1.807, 2.05) is 14.1 Å². The third kappa shape index (κ3) is 13.3. The molecule has 0 bridgehead atoms. The van der Waals surface area contributed by atoms with Gasteiger partial charge in [-0.25, -0.2) is 0 Å². The fourth-order valence-corrected chi connectivity index (χ4v) is 2.06. The molecule has 0 aromatic rings. The molecule has 0 saturated carbocycles. The second-order valence-corrected chi connectivity index (χ2v) is 6.44. The van der Waals surface area contributed by atoms with Crippen LogP contribution in [-0.4, -0.2) is 68.3 Å². The zero-order valence-corrected chi connectivity index (χ0v) is 12.3. The van der Waals surface area contributed by atoms with Crippen molar-refractivity contribution in [2.75, 3.05) is 39.5 Å². The van der Waals surface area contributed by atoms with Gasteiger partial charge in [0.1, 0.15) is 0 Å². The maximum Gasteiger partial charge on any atom is 0.264 e. The summed E-state index contributed by atoms with van der Waals surface area (Å²) in [7, 11) is 0.166. The average molecular weight is 296 g/mol. The molecule has 0 fully saturated rings. The standard InChI is InChI=1S/C11H22N2O4S.H2O/c1-4-11(14)12-7-9-13(2,3)8-5-6-10-18(15,16)17;/h4H,1,5-10H2,2-3H3,(H-,12,14,15,16,17);1H2. The summed E-state index contributed by atoms with van der Waals surface area (Å²) in [5.74, 6) is -0.387. The van der Waals surface area contributed by atoms with Crippen molar-refractivity contribution in [3.63, 3.8) is 0 Å². The highest BCUT2D eigenvalue weighted by molar-refractivity contribution is 7.85. The topological polar surface area (TPSA) is 113 Å². The summed E-state index contributed by atoms with van der Waals surface area (Å²) >= 11 is 0. The SMILES string of the molecule is C=CC(=O)NCC[N+](C)(C)CCCCS(=O)(=O)O.[OH-]. The normalized spacial score (nSPS) is 11.5. The van der Waals surface area contributed by atoms with E-state index in [2.05, 4.69) is 11.9 Å². The van der Waals surface area contributed by atoms with Gasteiger partial charge in [-0.05, 0) is 18.9 Å². The quantitative estimate of drug-likeness (QED) is 0.266. The number of hydrogen-bond acceptors (Lipinski definition) is 4. The lowest BCUT2D eigenvalue weighted by Crippen LogP contribution is -2.45. The number of quaternary nitrogens is 1. The Bertz CT molecular complexity index is 379. The molecule has 0 rings (SSSR count). The first kappa shape index (κ1) is 20.4. The van der Waals surface area contributed by atoms with E-state index in [1.54, 1.807) is 0 Å². The van der Waals surface area contributed by atoms with Crippen molar-refractivity contribution in [1.82, 2.24) is 5.32 Å². The number of nitrogens with one attached hydrogen (secondary N) is 1. The van der Waals surface area contributed by atoms with Crippen LogP contribution >= 0.6 is 0 Å². The van der Waals surface area contributed by atoms with Gasteiger partial charge < -0.3 is 15.3 Å². The molecule has 3 N–H and O–H groups in total. The van der Waals surface area contributed by atoms with Gasteiger partial charge in [-0.2, -0.15) is 8.42 Å². The van der Waals surface area contributed by atoms with Crippen LogP contribution in [0.4, 0.5) is 0 Å². The van der Waals surface area contributed by atoms with E-state index in [0.29, 0.717) is 23.9 Å². The highest BCUT2D eigenvalue weighted by atomic mass is 32.2. The number of nitrogens with zero attached hydrogens (tertiary/aromatic N) is 1. The van der Waals surface area contributed by atoms with Gasteiger partial charge in [0.25, 0.3) is 10.1 Å². The number of likely N-dealkylation sites (N-methyl/N-ethyl adjacent to an activating group) is 1. The van der Waals surface area contributed by atoms with Crippen LogP contribution in [0, 0.1) is 0 Å². The highest BCUT2D eigenvalue weighted by Crippen LogP contribution is 2.02. The Labute approximate surface area is 114 Å². The molecule has 0 aromatic carbocycles. The lowest BCUT2D eigenvalue weighted by atomic mass is 10.3. The average Bonchev–Trinajstić information content (AvgIpc) is 2.23. The van der Waals surface area contributed by atoms with Crippen molar-refractivity contribution >= 4 is 16.0 Å². The highest BCUT2D eigenvalue weighted by Gasteiger charge is 2.15. The van der Waals surface area contributed by atoms with Gasteiger partial charge in [0.2, 0.25) is 5.91 Å². The summed E-state index contributed by atoms with van der Waals surface area (Å²) in [5.41, 5.74) is 0. The summed E-state index contributed by atoms with van der Waals surface area (Å²) in [4.78, 5) is 10.9. The lowest BCUT2D eigenvalue weighted by Gasteiger charge is -2.29. The van der Waals surface area contributed by atoms with Crippen molar-refractivity contribution in [1.29, 1.82) is 0 Å². The van der Waals surface area contributed by atoms with Crippen molar-refractivity contribution in [2.24, 2.45) is 0 Å². The maximum absolute atomic E-state index is 10.9. The van der Waals surface area contributed by atoms with Crippen molar-refractivity contribution in [3.8, 4) is 0 Å². The minimum atomic E-state index is -3.85. The van der Waals surface area contributed by atoms with Crippen molar-refractivity contribution < 1.29 is 27.7 Å². The third-order valence-corrected chi connectivity index (χ3v) is 3.42. The number of amides is 1. The van der Waals surface area contributed by atoms with E-state index in [0.717, 1.165) is 13.1 Å². The first-order valence-electron chi connectivity index (χ1n) is 5.84. The smallest absolute Gasteiger partial charge is 0.264 e. The Hall–Kier alpha value is -0.960. The van der Waals surface area contributed by atoms with Gasteiger partial charge in [-0.3, -0.25) is 9.35 Å². The molecule has 19 heavy (non-hydrogen) atoms. The van der Waals surface area contributed by atoms with Gasteiger partial charge in [0.15, 0.2) is 0 Å². The molecular formula is C11H24N2O5S. The van der Waals surface area contributed by atoms with E-state index < -0.39 is 10.1 Å². The molecule has 0 aliphatic heterocycles. The predicted octanol–water partition coefficient (Wildman–Crippen LogP) is -0.144. The minimum absolute atomic E-state index is 0. The molecule has 0 heterocycles. The van der Waals surface area contributed by atoms with Gasteiger partial charge in [-0.15, -0.1) is 0 Å². The Morgan fingerprint density at radius 1 is 1.32 bits per heavy atom. The van der Waals surface area contributed by atoms with Crippen LogP contribution in [-0.2, 0) is 14.9 Å². The largest absolute Gasteiger partial charge is 0.870 e. The first-order chi connectivity index (χ1) is 8.16. The summed E-state index contributed by atoms with van der Waals surface area (Å²) < 4.78 is 30.3. The number of hydrogen-bond donors (Lipinski definition) is 2. The summed E-state index contributed by atoms with van der Waals surface area (Å²) in [5, 5.41) is 2.69. The van der Waals surface area contributed by atoms with Gasteiger partial charge in [0, 0.05) is 0 Å². The Balaban J connectivity index is 0. The molecular weight excluding hydrogens is 272 g/mol. The van der Waals surface area contributed by atoms with Gasteiger partial charge in [0.05, 0.1) is 39.5 Å². The Morgan fingerprint density at radius 2 is 1.89 bits per heavy atom. The second-order valence-electron chi connectivity index (χ2n) is 4.87. The fourth-order valence-electron chi connectivity index (χ4n) is 1.49. The van der Waals surface area contributed by atoms with E-state index in [-0.39, 0.29) is 17.1 Å². The molecule has 7 nitrogen and oxygen atoms in total. The molecule has 0 spiro atoms. The molecule has 0 saturated heterocycles. The molecule has 8 heteroatoms. The summed E-state index contributed by atoms with van der Waals surface area (Å²) in [6, 6.07) is 0. The summed E-state index contributed by atoms with van der Waals surface area (Å²) in [6.45, 7) is 5.46. The van der Waals surface area contributed by atoms with E-state index in [4.69, 9.17) is 4.55 Å². The van der Waals surface area contributed by atoms with Crippen LogP contribution in [0.3, 0.4) is 0 Å². The van der Waals surface area contributed by atoms with Crippen molar-refractivity contribution in [3.05, 3.63) is 12.7 Å². The summed E-state index contributed by atoms with van der Waals surface area (Å²) in [6.07, 6.45) is 2.38. The van der Waals surface area contributed by atoms with E-state index in [1.165, 1.54) is 6.08 Å². The Morgan fingerprint density at radius 3 is 2.37 bits per heavy atom. The van der Waals surface area contributed by atoms with Crippen LogP contribution in [0.25, 0.3) is 0 Å². The maximum atomic E-state index is 10.9. The molecule has 0 atom stereocenters. The molecule has 114 valence electrons. The van der Waals surface area contributed by atoms with Crippen LogP contribution in [0.1, 0.15) is 12.8 Å². The second kappa shape index (κ2) is 9.03. The van der Waals surface area contributed by atoms with Crippen molar-refractivity contribution in [2.45, 2.75) is 12.8 Å².